The molecule has 15 heavy (non-hydrogen) atoms. The van der Waals surface area contributed by atoms with Gasteiger partial charge in [-0.05, 0) is 19.9 Å². The van der Waals surface area contributed by atoms with E-state index < -0.39 is 0 Å². The van der Waals surface area contributed by atoms with Crippen LogP contribution < -0.4 is 10.5 Å². The third-order valence-electron chi connectivity index (χ3n) is 2.20. The summed E-state index contributed by atoms with van der Waals surface area (Å²) in [4.78, 5) is 11.8. The highest BCUT2D eigenvalue weighted by Crippen LogP contribution is 2.19. The van der Waals surface area contributed by atoms with Crippen LogP contribution in [0.4, 0.5) is 0 Å². The number of carbonyl (C=O) groups excluding carboxylic acids is 1. The number of hydrogen-bond acceptors (Lipinski definition) is 4. The number of methoxy groups -OCH3 is 1. The molecule has 5 nitrogen and oxygen atoms in total. The van der Waals surface area contributed by atoms with E-state index in [0.717, 1.165) is 0 Å². The molecule has 0 radical (unpaired) electrons. The van der Waals surface area contributed by atoms with Crippen LogP contribution in [0.15, 0.2) is 6.20 Å². The minimum absolute atomic E-state index is 0.0386. The molecule has 84 valence electrons. The SMILES string of the molecule is CCn1ncc(OC)c1C(=O)CCCN. The summed E-state index contributed by atoms with van der Waals surface area (Å²) >= 11 is 0. The number of hydrogen-bond donors (Lipinski definition) is 1. The van der Waals surface area contributed by atoms with Crippen LogP contribution in [0.1, 0.15) is 30.3 Å². The molecule has 0 aromatic carbocycles. The highest BCUT2D eigenvalue weighted by molar-refractivity contribution is 5.96. The first-order valence-corrected chi connectivity index (χ1v) is 5.07. The largest absolute Gasteiger partial charge is 0.493 e. The van der Waals surface area contributed by atoms with Gasteiger partial charge in [-0.15, -0.1) is 0 Å². The molecule has 0 amide bonds. The van der Waals surface area contributed by atoms with Gasteiger partial charge >= 0.3 is 0 Å². The molecule has 0 aliphatic carbocycles. The number of nitrogens with two attached hydrogens (primary N) is 1. The number of ketones is 1. The van der Waals surface area contributed by atoms with Crippen LogP contribution in [-0.4, -0.2) is 29.2 Å². The first-order chi connectivity index (χ1) is 7.24. The fourth-order valence-electron chi connectivity index (χ4n) is 1.42. The van der Waals surface area contributed by atoms with E-state index >= 15 is 0 Å². The van der Waals surface area contributed by atoms with Crippen LogP contribution in [0, 0.1) is 0 Å². The van der Waals surface area contributed by atoms with Gasteiger partial charge in [-0.1, -0.05) is 0 Å². The lowest BCUT2D eigenvalue weighted by molar-refractivity contribution is 0.0967. The highest BCUT2D eigenvalue weighted by atomic mass is 16.5. The number of ether oxygens (including phenoxy) is 1. The second-order valence-electron chi connectivity index (χ2n) is 3.19. The molecule has 0 fully saturated rings. The normalized spacial score (nSPS) is 10.3. The second kappa shape index (κ2) is 5.50. The topological polar surface area (TPSA) is 70.1 Å². The fraction of sp³-hybridized carbons (Fsp3) is 0.600. The van der Waals surface area contributed by atoms with Crippen LogP contribution in [0.2, 0.25) is 0 Å². The van der Waals surface area contributed by atoms with Crippen molar-refractivity contribution in [2.75, 3.05) is 13.7 Å². The molecule has 0 aliphatic heterocycles. The maximum absolute atomic E-state index is 11.8. The summed E-state index contributed by atoms with van der Waals surface area (Å²) in [7, 11) is 1.54. The Balaban J connectivity index is 2.88. The third kappa shape index (κ3) is 2.56. The van der Waals surface area contributed by atoms with E-state index in [1.54, 1.807) is 10.9 Å². The fourth-order valence-corrected chi connectivity index (χ4v) is 1.42. The Morgan fingerprint density at radius 2 is 2.40 bits per heavy atom. The maximum Gasteiger partial charge on any atom is 0.184 e. The van der Waals surface area contributed by atoms with Gasteiger partial charge in [-0.3, -0.25) is 9.48 Å². The summed E-state index contributed by atoms with van der Waals surface area (Å²) < 4.78 is 6.74. The Kier molecular flexibility index (Phi) is 4.30. The Morgan fingerprint density at radius 3 is 2.93 bits per heavy atom. The number of nitrogens with zero attached hydrogens (tertiary/aromatic N) is 2. The summed E-state index contributed by atoms with van der Waals surface area (Å²) in [5.41, 5.74) is 5.91. The zero-order valence-corrected chi connectivity index (χ0v) is 9.19. The van der Waals surface area contributed by atoms with Crippen LogP contribution in [0.5, 0.6) is 5.75 Å². The molecule has 0 unspecified atom stereocenters. The van der Waals surface area contributed by atoms with Crippen molar-refractivity contribution in [2.45, 2.75) is 26.3 Å². The Hall–Kier alpha value is -1.36. The molecular formula is C10H17N3O2. The summed E-state index contributed by atoms with van der Waals surface area (Å²) in [5.74, 6) is 0.579. The van der Waals surface area contributed by atoms with Crippen molar-refractivity contribution in [1.82, 2.24) is 9.78 Å². The van der Waals surface area contributed by atoms with Gasteiger partial charge < -0.3 is 10.5 Å². The van der Waals surface area contributed by atoms with E-state index in [2.05, 4.69) is 5.10 Å². The number of aromatic nitrogens is 2. The average Bonchev–Trinajstić information content (AvgIpc) is 2.68. The van der Waals surface area contributed by atoms with Crippen molar-refractivity contribution in [1.29, 1.82) is 0 Å². The van der Waals surface area contributed by atoms with Crippen molar-refractivity contribution in [3.8, 4) is 5.75 Å². The van der Waals surface area contributed by atoms with Crippen molar-refractivity contribution in [3.63, 3.8) is 0 Å². The molecule has 1 heterocycles. The number of aryl methyl sites for hydroxylation is 1. The molecule has 2 N–H and O–H groups in total. The van der Waals surface area contributed by atoms with Crippen LogP contribution in [0.3, 0.4) is 0 Å². The summed E-state index contributed by atoms with van der Waals surface area (Å²) in [6.45, 7) is 3.12. The molecule has 0 saturated carbocycles. The average molecular weight is 211 g/mol. The predicted octanol–water partition coefficient (Wildman–Crippen LogP) is 0.833. The molecule has 0 bridgehead atoms. The molecule has 1 aromatic heterocycles. The third-order valence-corrected chi connectivity index (χ3v) is 2.20. The lowest BCUT2D eigenvalue weighted by Crippen LogP contribution is -2.12. The van der Waals surface area contributed by atoms with E-state index in [1.807, 2.05) is 6.92 Å². The first-order valence-electron chi connectivity index (χ1n) is 5.07. The monoisotopic (exact) mass is 211 g/mol. The van der Waals surface area contributed by atoms with Gasteiger partial charge in [0, 0.05) is 13.0 Å². The number of rotatable bonds is 6. The van der Waals surface area contributed by atoms with E-state index in [4.69, 9.17) is 10.5 Å². The van der Waals surface area contributed by atoms with Gasteiger partial charge in [-0.25, -0.2) is 0 Å². The van der Waals surface area contributed by atoms with E-state index in [9.17, 15) is 4.79 Å². The zero-order valence-electron chi connectivity index (χ0n) is 9.19. The Labute approximate surface area is 89.2 Å². The molecule has 0 aliphatic rings. The molecule has 0 saturated heterocycles. The van der Waals surface area contributed by atoms with Crippen molar-refractivity contribution >= 4 is 5.78 Å². The Morgan fingerprint density at radius 1 is 1.67 bits per heavy atom. The van der Waals surface area contributed by atoms with E-state index in [0.29, 0.717) is 37.4 Å². The summed E-state index contributed by atoms with van der Waals surface area (Å²) in [6.07, 6.45) is 2.70. The van der Waals surface area contributed by atoms with Gasteiger partial charge in [0.05, 0.1) is 13.3 Å². The van der Waals surface area contributed by atoms with Gasteiger partial charge in [0.15, 0.2) is 11.5 Å². The maximum atomic E-state index is 11.8. The molecule has 5 heteroatoms. The minimum atomic E-state index is 0.0386. The van der Waals surface area contributed by atoms with Gasteiger partial charge in [0.1, 0.15) is 5.69 Å². The highest BCUT2D eigenvalue weighted by Gasteiger charge is 2.17. The minimum Gasteiger partial charge on any atom is -0.493 e. The van der Waals surface area contributed by atoms with Crippen LogP contribution >= 0.6 is 0 Å². The summed E-state index contributed by atoms with van der Waals surface area (Å²) in [5, 5.41) is 4.07. The van der Waals surface area contributed by atoms with Crippen molar-refractivity contribution < 1.29 is 9.53 Å². The standard InChI is InChI=1S/C10H17N3O2/c1-3-13-10(8(14)5-4-6-11)9(15-2)7-12-13/h7H,3-6,11H2,1-2H3. The number of carbonyl (C=O) groups is 1. The second-order valence-corrected chi connectivity index (χ2v) is 3.19. The van der Waals surface area contributed by atoms with Crippen molar-refractivity contribution in [3.05, 3.63) is 11.9 Å². The predicted molar refractivity (Wildman–Crippen MR) is 57.1 cm³/mol. The van der Waals surface area contributed by atoms with E-state index in [-0.39, 0.29) is 5.78 Å². The smallest absolute Gasteiger partial charge is 0.184 e. The quantitative estimate of drug-likeness (QED) is 0.708. The van der Waals surface area contributed by atoms with Gasteiger partial charge in [0.2, 0.25) is 0 Å². The van der Waals surface area contributed by atoms with Crippen LogP contribution in [-0.2, 0) is 6.54 Å². The van der Waals surface area contributed by atoms with E-state index in [1.165, 1.54) is 7.11 Å². The molecule has 0 atom stereocenters. The van der Waals surface area contributed by atoms with Gasteiger partial charge in [-0.2, -0.15) is 5.10 Å². The lowest BCUT2D eigenvalue weighted by atomic mass is 10.1. The molecule has 0 spiro atoms. The van der Waals surface area contributed by atoms with Crippen LogP contribution in [0.25, 0.3) is 0 Å². The lowest BCUT2D eigenvalue weighted by Gasteiger charge is -2.05. The molecule has 1 aromatic rings. The Bertz CT molecular complexity index is 312. The zero-order chi connectivity index (χ0) is 11.3. The van der Waals surface area contributed by atoms with Gasteiger partial charge in [0.25, 0.3) is 0 Å². The molecule has 1 rings (SSSR count). The first kappa shape index (κ1) is 11.7. The summed E-state index contributed by atoms with van der Waals surface area (Å²) in [6, 6.07) is 0. The van der Waals surface area contributed by atoms with Crippen molar-refractivity contribution in [2.24, 2.45) is 5.73 Å². The number of Topliss-reactive ketones (excluding diaryl/α,β-unsaturated/α-hetero) is 1. The molecular weight excluding hydrogens is 194 g/mol.